The fourth-order valence-electron chi connectivity index (χ4n) is 3.23. The summed E-state index contributed by atoms with van der Waals surface area (Å²) in [7, 11) is 0. The zero-order valence-electron chi connectivity index (χ0n) is 12.9. The number of carbonyl (C=O) groups is 2. The molecular weight excluding hydrogens is 286 g/mol. The molecule has 0 aromatic carbocycles. The highest BCUT2D eigenvalue weighted by molar-refractivity contribution is 5.86. The fraction of sp³-hybridized carbons (Fsp3) is 0.733. The molecule has 1 atom stereocenters. The minimum absolute atomic E-state index is 0.115. The number of nitrogens with zero attached hydrogens (tertiary/aromatic N) is 3. The van der Waals surface area contributed by atoms with Crippen LogP contribution in [0.15, 0.2) is 0 Å². The molecule has 1 aliphatic rings. The van der Waals surface area contributed by atoms with Crippen LogP contribution in [0.2, 0.25) is 0 Å². The predicted molar refractivity (Wildman–Crippen MR) is 78.8 cm³/mol. The largest absolute Gasteiger partial charge is 0.480 e. The van der Waals surface area contributed by atoms with Gasteiger partial charge in [0, 0.05) is 0 Å². The van der Waals surface area contributed by atoms with Crippen LogP contribution in [-0.4, -0.2) is 37.1 Å². The van der Waals surface area contributed by atoms with E-state index in [4.69, 9.17) is 0 Å². The summed E-state index contributed by atoms with van der Waals surface area (Å²) < 4.78 is 1.29. The first-order valence-corrected chi connectivity index (χ1v) is 7.94. The Morgan fingerprint density at radius 1 is 1.27 bits per heavy atom. The number of hydrogen-bond donors (Lipinski definition) is 2. The summed E-state index contributed by atoms with van der Waals surface area (Å²) in [5, 5.41) is 26.0. The van der Waals surface area contributed by atoms with E-state index in [9.17, 15) is 19.8 Å². The van der Waals surface area contributed by atoms with Crippen LogP contribution in [0.25, 0.3) is 0 Å². The smallest absolute Gasteiger partial charge is 0.358 e. The molecule has 7 heteroatoms. The molecule has 1 fully saturated rings. The number of hydrogen-bond acceptors (Lipinski definition) is 4. The predicted octanol–water partition coefficient (Wildman–Crippen LogP) is 2.52. The first-order valence-electron chi connectivity index (χ1n) is 7.94. The highest BCUT2D eigenvalue weighted by Crippen LogP contribution is 2.28. The lowest BCUT2D eigenvalue weighted by atomic mass is 9.85. The topological polar surface area (TPSA) is 105 Å². The Bertz CT molecular complexity index is 535. The lowest BCUT2D eigenvalue weighted by molar-refractivity contribution is -0.141. The second-order valence-electron chi connectivity index (χ2n) is 5.94. The Balaban J connectivity index is 2.20. The third-order valence-corrected chi connectivity index (χ3v) is 4.47. The number of carboxylic acid groups (broad SMARTS) is 2. The van der Waals surface area contributed by atoms with Gasteiger partial charge in [-0.1, -0.05) is 44.2 Å². The van der Waals surface area contributed by atoms with Crippen molar-refractivity contribution in [1.82, 2.24) is 15.0 Å². The number of aromatic nitrogens is 3. The van der Waals surface area contributed by atoms with Gasteiger partial charge in [-0.25, -0.2) is 14.3 Å². The van der Waals surface area contributed by atoms with Gasteiger partial charge in [0.05, 0.1) is 5.69 Å². The highest BCUT2D eigenvalue weighted by atomic mass is 16.4. The van der Waals surface area contributed by atoms with Crippen molar-refractivity contribution >= 4 is 11.9 Å². The van der Waals surface area contributed by atoms with Crippen molar-refractivity contribution < 1.29 is 19.8 Å². The maximum atomic E-state index is 11.3. The number of carboxylic acids is 2. The summed E-state index contributed by atoms with van der Waals surface area (Å²) in [6.45, 7) is 1.74. The summed E-state index contributed by atoms with van der Waals surface area (Å²) in [4.78, 5) is 22.6. The van der Waals surface area contributed by atoms with Gasteiger partial charge < -0.3 is 10.2 Å². The lowest BCUT2D eigenvalue weighted by Crippen LogP contribution is -2.22. The maximum Gasteiger partial charge on any atom is 0.358 e. The van der Waals surface area contributed by atoms with Gasteiger partial charge in [-0.3, -0.25) is 0 Å². The maximum absolute atomic E-state index is 11.3. The molecule has 1 aliphatic carbocycles. The van der Waals surface area contributed by atoms with Crippen LogP contribution in [-0.2, 0) is 11.2 Å². The first kappa shape index (κ1) is 16.5. The van der Waals surface area contributed by atoms with Crippen molar-refractivity contribution in [2.24, 2.45) is 5.92 Å². The molecule has 1 aromatic heterocycles. The Hall–Kier alpha value is -1.92. The average molecular weight is 309 g/mol. The summed E-state index contributed by atoms with van der Waals surface area (Å²) in [5.41, 5.74) is 0.322. The molecule has 22 heavy (non-hydrogen) atoms. The molecule has 1 aromatic rings. The Labute approximate surface area is 129 Å². The van der Waals surface area contributed by atoms with Crippen LogP contribution in [0.3, 0.4) is 0 Å². The van der Waals surface area contributed by atoms with E-state index < -0.39 is 18.0 Å². The van der Waals surface area contributed by atoms with E-state index in [0.29, 0.717) is 24.5 Å². The van der Waals surface area contributed by atoms with Crippen molar-refractivity contribution in [2.45, 2.75) is 64.3 Å². The number of aliphatic carboxylic acids is 1. The molecule has 0 radical (unpaired) electrons. The van der Waals surface area contributed by atoms with Crippen molar-refractivity contribution in [2.75, 3.05) is 0 Å². The summed E-state index contributed by atoms with van der Waals surface area (Å²) >= 11 is 0. The van der Waals surface area contributed by atoms with Crippen LogP contribution in [0, 0.1) is 5.92 Å². The van der Waals surface area contributed by atoms with Gasteiger partial charge in [-0.2, -0.15) is 0 Å². The monoisotopic (exact) mass is 309 g/mol. The van der Waals surface area contributed by atoms with Crippen LogP contribution >= 0.6 is 0 Å². The van der Waals surface area contributed by atoms with Gasteiger partial charge in [-0.05, 0) is 25.2 Å². The van der Waals surface area contributed by atoms with Gasteiger partial charge in [0.2, 0.25) is 0 Å². The third-order valence-electron chi connectivity index (χ3n) is 4.47. The van der Waals surface area contributed by atoms with Crippen LogP contribution in [0.1, 0.15) is 74.1 Å². The standard InChI is InChI=1S/C15H23N3O4/c1-2-11(14(19)20)18-12(13(15(21)22)16-17-18)9-8-10-6-4-3-5-7-10/h10-11H,2-9H2,1H3,(H,19,20)(H,21,22). The number of aromatic carboxylic acids is 1. The van der Waals surface area contributed by atoms with E-state index in [0.717, 1.165) is 6.42 Å². The van der Waals surface area contributed by atoms with Gasteiger partial charge in [-0.15, -0.1) is 5.10 Å². The highest BCUT2D eigenvalue weighted by Gasteiger charge is 2.27. The summed E-state index contributed by atoms with van der Waals surface area (Å²) in [5.74, 6) is -1.57. The SMILES string of the molecule is CCC(C(=O)O)n1nnc(C(=O)O)c1CCC1CCCCC1. The van der Waals surface area contributed by atoms with Crippen molar-refractivity contribution in [3.8, 4) is 0 Å². The first-order chi connectivity index (χ1) is 10.5. The Morgan fingerprint density at radius 3 is 2.50 bits per heavy atom. The molecule has 1 saturated carbocycles. The van der Waals surface area contributed by atoms with Gasteiger partial charge in [0.25, 0.3) is 0 Å². The van der Waals surface area contributed by atoms with Crippen molar-refractivity contribution in [1.29, 1.82) is 0 Å². The average Bonchev–Trinajstić information content (AvgIpc) is 2.90. The molecular formula is C15H23N3O4. The molecule has 2 N–H and O–H groups in total. The minimum atomic E-state index is -1.15. The zero-order chi connectivity index (χ0) is 16.1. The Kier molecular flexibility index (Phi) is 5.51. The van der Waals surface area contributed by atoms with Crippen LogP contribution in [0.4, 0.5) is 0 Å². The summed E-state index contributed by atoms with van der Waals surface area (Å²) in [6.07, 6.45) is 7.77. The summed E-state index contributed by atoms with van der Waals surface area (Å²) in [6, 6.07) is -0.859. The van der Waals surface area contributed by atoms with E-state index in [1.165, 1.54) is 36.8 Å². The molecule has 2 rings (SSSR count). The molecule has 0 saturated heterocycles. The zero-order valence-corrected chi connectivity index (χ0v) is 12.9. The van der Waals surface area contributed by atoms with E-state index in [1.807, 2.05) is 0 Å². The molecule has 122 valence electrons. The van der Waals surface area contributed by atoms with Crippen LogP contribution in [0.5, 0.6) is 0 Å². The Morgan fingerprint density at radius 2 is 1.95 bits per heavy atom. The fourth-order valence-corrected chi connectivity index (χ4v) is 3.23. The van der Waals surface area contributed by atoms with E-state index in [1.54, 1.807) is 6.92 Å². The quantitative estimate of drug-likeness (QED) is 0.801. The molecule has 1 heterocycles. The normalized spacial score (nSPS) is 17.3. The molecule has 1 unspecified atom stereocenters. The minimum Gasteiger partial charge on any atom is -0.480 e. The lowest BCUT2D eigenvalue weighted by Gasteiger charge is -2.22. The van der Waals surface area contributed by atoms with Crippen LogP contribution < -0.4 is 0 Å². The second kappa shape index (κ2) is 7.38. The molecule has 0 amide bonds. The second-order valence-corrected chi connectivity index (χ2v) is 5.94. The van der Waals surface area contributed by atoms with Gasteiger partial charge in [0.15, 0.2) is 11.7 Å². The van der Waals surface area contributed by atoms with Gasteiger partial charge >= 0.3 is 11.9 Å². The van der Waals surface area contributed by atoms with E-state index in [-0.39, 0.29) is 5.69 Å². The van der Waals surface area contributed by atoms with Crippen molar-refractivity contribution in [3.63, 3.8) is 0 Å². The molecule has 0 spiro atoms. The third kappa shape index (κ3) is 3.64. The molecule has 0 aliphatic heterocycles. The molecule has 0 bridgehead atoms. The number of rotatable bonds is 7. The van der Waals surface area contributed by atoms with E-state index >= 15 is 0 Å². The van der Waals surface area contributed by atoms with Crippen molar-refractivity contribution in [3.05, 3.63) is 11.4 Å². The van der Waals surface area contributed by atoms with E-state index in [2.05, 4.69) is 10.3 Å². The molecule has 7 nitrogen and oxygen atoms in total. The van der Waals surface area contributed by atoms with Gasteiger partial charge in [0.1, 0.15) is 0 Å².